The molecule has 0 spiro atoms. The Bertz CT molecular complexity index is 1390. The van der Waals surface area contributed by atoms with Crippen molar-refractivity contribution in [1.82, 2.24) is 29.9 Å². The van der Waals surface area contributed by atoms with Crippen LogP contribution in [-0.2, 0) is 0 Å². The maximum atomic E-state index is 13.7. The van der Waals surface area contributed by atoms with Crippen molar-refractivity contribution in [3.05, 3.63) is 54.1 Å². The highest BCUT2D eigenvalue weighted by atomic mass is 19.1. The van der Waals surface area contributed by atoms with Crippen LogP contribution < -0.4 is 19.1 Å². The van der Waals surface area contributed by atoms with E-state index in [1.807, 2.05) is 4.90 Å². The number of ether oxygens (including phenoxy) is 3. The number of halogens is 1. The summed E-state index contributed by atoms with van der Waals surface area (Å²) in [6.07, 6.45) is 1.43. The van der Waals surface area contributed by atoms with Crippen molar-refractivity contribution in [3.8, 4) is 22.9 Å². The molecule has 4 aromatic rings. The Morgan fingerprint density at radius 2 is 1.67 bits per heavy atom. The summed E-state index contributed by atoms with van der Waals surface area (Å²) < 4.78 is 31.3. The first-order valence-corrected chi connectivity index (χ1v) is 11.2. The minimum atomic E-state index is -0.377. The summed E-state index contributed by atoms with van der Waals surface area (Å²) >= 11 is 0. The minimum absolute atomic E-state index is 0.140. The lowest BCUT2D eigenvalue weighted by Crippen LogP contribution is -2.49. The van der Waals surface area contributed by atoms with Crippen molar-refractivity contribution in [2.75, 3.05) is 52.4 Å². The zero-order valence-electron chi connectivity index (χ0n) is 20.0. The van der Waals surface area contributed by atoms with Crippen LogP contribution in [0.2, 0.25) is 0 Å². The normalized spacial score (nSPS) is 13.7. The van der Waals surface area contributed by atoms with Gasteiger partial charge >= 0.3 is 0 Å². The molecule has 11 nitrogen and oxygen atoms in total. The Morgan fingerprint density at radius 1 is 0.944 bits per heavy atom. The Balaban J connectivity index is 1.35. The maximum Gasteiger partial charge on any atom is 0.254 e. The molecule has 0 saturated carbocycles. The van der Waals surface area contributed by atoms with Crippen molar-refractivity contribution in [1.29, 1.82) is 0 Å². The molecule has 12 heteroatoms. The van der Waals surface area contributed by atoms with Gasteiger partial charge in [0.2, 0.25) is 5.75 Å². The van der Waals surface area contributed by atoms with E-state index in [2.05, 4.69) is 20.3 Å². The molecule has 5 rings (SSSR count). The fourth-order valence-corrected chi connectivity index (χ4v) is 4.26. The van der Waals surface area contributed by atoms with E-state index in [1.54, 1.807) is 29.2 Å². The number of carbonyl (C=O) groups excluding carboxylic acids is 1. The first-order chi connectivity index (χ1) is 17.5. The number of benzene rings is 2. The summed E-state index contributed by atoms with van der Waals surface area (Å²) in [5.41, 5.74) is 1.94. The number of anilines is 1. The second-order valence-corrected chi connectivity index (χ2v) is 8.04. The van der Waals surface area contributed by atoms with Gasteiger partial charge < -0.3 is 24.0 Å². The largest absolute Gasteiger partial charge is 0.493 e. The summed E-state index contributed by atoms with van der Waals surface area (Å²) in [7, 11) is 4.54. The van der Waals surface area contributed by atoms with Crippen LogP contribution in [0.1, 0.15) is 10.4 Å². The first-order valence-electron chi connectivity index (χ1n) is 11.2. The number of hydrogen-bond acceptors (Lipinski definition) is 9. The van der Waals surface area contributed by atoms with Crippen LogP contribution in [0.3, 0.4) is 0 Å². The van der Waals surface area contributed by atoms with Crippen LogP contribution in [0.5, 0.6) is 17.2 Å². The minimum Gasteiger partial charge on any atom is -0.493 e. The molecule has 2 aromatic carbocycles. The van der Waals surface area contributed by atoms with Crippen molar-refractivity contribution in [3.63, 3.8) is 0 Å². The molecule has 36 heavy (non-hydrogen) atoms. The number of nitrogens with zero attached hydrogens (tertiary/aromatic N) is 7. The van der Waals surface area contributed by atoms with Crippen LogP contribution in [0.15, 0.2) is 42.7 Å². The fraction of sp³-hybridized carbons (Fsp3) is 0.292. The van der Waals surface area contributed by atoms with Crippen LogP contribution in [0, 0.1) is 5.82 Å². The van der Waals surface area contributed by atoms with E-state index in [0.29, 0.717) is 71.7 Å². The highest BCUT2D eigenvalue weighted by Gasteiger charge is 2.27. The maximum absolute atomic E-state index is 13.7. The van der Waals surface area contributed by atoms with E-state index in [-0.39, 0.29) is 11.7 Å². The Kier molecular flexibility index (Phi) is 6.23. The summed E-state index contributed by atoms with van der Waals surface area (Å²) in [6, 6.07) is 9.35. The van der Waals surface area contributed by atoms with E-state index in [9.17, 15) is 9.18 Å². The van der Waals surface area contributed by atoms with Crippen molar-refractivity contribution in [2.45, 2.75) is 0 Å². The first kappa shape index (κ1) is 23.3. The Morgan fingerprint density at radius 3 is 2.31 bits per heavy atom. The number of aromatic nitrogens is 5. The van der Waals surface area contributed by atoms with Gasteiger partial charge in [-0.15, -0.1) is 5.10 Å². The summed E-state index contributed by atoms with van der Waals surface area (Å²) in [5.74, 6) is 1.37. The molecule has 2 aromatic heterocycles. The molecule has 1 aliphatic rings. The molecule has 1 aliphatic heterocycles. The van der Waals surface area contributed by atoms with Gasteiger partial charge in [0, 0.05) is 31.7 Å². The highest BCUT2D eigenvalue weighted by molar-refractivity contribution is 5.96. The number of amides is 1. The molecule has 0 bridgehead atoms. The number of hydrogen-bond donors (Lipinski definition) is 0. The lowest BCUT2D eigenvalue weighted by Gasteiger charge is -2.35. The molecule has 1 amide bonds. The van der Waals surface area contributed by atoms with Gasteiger partial charge in [-0.2, -0.15) is 4.68 Å². The lowest BCUT2D eigenvalue weighted by atomic mass is 10.1. The van der Waals surface area contributed by atoms with Gasteiger partial charge in [0.25, 0.3) is 5.91 Å². The topological polar surface area (TPSA) is 108 Å². The van der Waals surface area contributed by atoms with Crippen molar-refractivity contribution < 1.29 is 23.4 Å². The van der Waals surface area contributed by atoms with Gasteiger partial charge in [0.1, 0.15) is 12.1 Å². The third-order valence-electron chi connectivity index (χ3n) is 6.05. The summed E-state index contributed by atoms with van der Waals surface area (Å²) in [4.78, 5) is 25.8. The summed E-state index contributed by atoms with van der Waals surface area (Å²) in [5, 5.41) is 8.42. The molecule has 0 unspecified atom stereocenters. The zero-order valence-corrected chi connectivity index (χ0v) is 20.0. The molecule has 3 heterocycles. The number of methoxy groups -OCH3 is 3. The van der Waals surface area contributed by atoms with E-state index < -0.39 is 0 Å². The predicted molar refractivity (Wildman–Crippen MR) is 129 cm³/mol. The third kappa shape index (κ3) is 4.10. The van der Waals surface area contributed by atoms with Gasteiger partial charge in [-0.3, -0.25) is 4.79 Å². The molecule has 0 radical (unpaired) electrons. The molecular formula is C24H24FN7O4. The number of rotatable bonds is 6. The smallest absolute Gasteiger partial charge is 0.254 e. The second-order valence-electron chi connectivity index (χ2n) is 8.04. The van der Waals surface area contributed by atoms with Gasteiger partial charge in [0.05, 0.1) is 27.0 Å². The molecule has 0 N–H and O–H groups in total. The Hall–Kier alpha value is -4.48. The number of carbonyl (C=O) groups is 1. The van der Waals surface area contributed by atoms with Gasteiger partial charge in [-0.05, 0) is 30.3 Å². The number of fused-ring (bicyclic) bond motifs is 1. The third-order valence-corrected chi connectivity index (χ3v) is 6.05. The van der Waals surface area contributed by atoms with E-state index >= 15 is 0 Å². The zero-order chi connectivity index (χ0) is 25.2. The average molecular weight is 493 g/mol. The quantitative estimate of drug-likeness (QED) is 0.400. The molecular weight excluding hydrogens is 469 g/mol. The highest BCUT2D eigenvalue weighted by Crippen LogP contribution is 2.38. The molecule has 0 atom stereocenters. The average Bonchev–Trinajstić information content (AvgIpc) is 3.36. The van der Waals surface area contributed by atoms with Crippen LogP contribution in [-0.4, -0.2) is 83.3 Å². The standard InChI is InChI=1S/C24H24FN7O4/c1-34-18-11-15(12-19(35-2)21(18)36-3)24(33)31-9-7-30(8-10-31)22-20-23(27-14-26-22)32(29-28-20)17-6-4-5-16(25)13-17/h4-6,11-14H,7-10H2,1-3H3. The van der Waals surface area contributed by atoms with Crippen LogP contribution in [0.25, 0.3) is 16.9 Å². The Labute approximate surface area is 206 Å². The SMILES string of the molecule is COc1cc(C(=O)N2CCN(c3ncnc4c3nnn4-c3cccc(F)c3)CC2)cc(OC)c1OC. The van der Waals surface area contributed by atoms with E-state index in [4.69, 9.17) is 14.2 Å². The second kappa shape index (κ2) is 9.64. The molecule has 0 aliphatic carbocycles. The van der Waals surface area contributed by atoms with Crippen molar-refractivity contribution >= 4 is 22.9 Å². The number of piperazine rings is 1. The molecule has 1 fully saturated rings. The molecule has 186 valence electrons. The predicted octanol–water partition coefficient (Wildman–Crippen LogP) is 2.34. The van der Waals surface area contributed by atoms with Gasteiger partial charge in [-0.25, -0.2) is 14.4 Å². The molecule has 1 saturated heterocycles. The van der Waals surface area contributed by atoms with E-state index in [0.717, 1.165) is 0 Å². The fourth-order valence-electron chi connectivity index (χ4n) is 4.26. The van der Waals surface area contributed by atoms with Gasteiger partial charge in [-0.1, -0.05) is 11.3 Å². The van der Waals surface area contributed by atoms with Gasteiger partial charge in [0.15, 0.2) is 28.5 Å². The monoisotopic (exact) mass is 493 g/mol. The van der Waals surface area contributed by atoms with E-state index in [1.165, 1.54) is 44.5 Å². The van der Waals surface area contributed by atoms with Crippen LogP contribution in [0.4, 0.5) is 10.2 Å². The summed E-state index contributed by atoms with van der Waals surface area (Å²) in [6.45, 7) is 2.02. The lowest BCUT2D eigenvalue weighted by molar-refractivity contribution is 0.0745. The van der Waals surface area contributed by atoms with Crippen LogP contribution >= 0.6 is 0 Å². The van der Waals surface area contributed by atoms with Crippen molar-refractivity contribution in [2.24, 2.45) is 0 Å².